The highest BCUT2D eigenvalue weighted by Crippen LogP contribution is 2.29. The van der Waals surface area contributed by atoms with Crippen LogP contribution in [0.1, 0.15) is 31.1 Å². The van der Waals surface area contributed by atoms with Crippen LogP contribution in [0, 0.1) is 0 Å². The number of amides is 1. The minimum atomic E-state index is -0.508. The third-order valence-electron chi connectivity index (χ3n) is 3.53. The fourth-order valence-electron chi connectivity index (χ4n) is 2.46. The van der Waals surface area contributed by atoms with E-state index < -0.39 is 5.60 Å². The molecule has 1 aromatic rings. The summed E-state index contributed by atoms with van der Waals surface area (Å²) in [5.41, 5.74) is 0.750. The van der Waals surface area contributed by atoms with Crippen LogP contribution in [0.2, 0.25) is 0 Å². The zero-order chi connectivity index (χ0) is 17.0. The van der Waals surface area contributed by atoms with Gasteiger partial charge in [0.25, 0.3) is 0 Å². The van der Waals surface area contributed by atoms with Crippen molar-refractivity contribution in [3.63, 3.8) is 0 Å². The molecule has 1 heterocycles. The first-order valence-corrected chi connectivity index (χ1v) is 8.25. The lowest BCUT2D eigenvalue weighted by Crippen LogP contribution is -2.50. The Labute approximate surface area is 140 Å². The number of hydrogen-bond donors (Lipinski definition) is 1. The number of rotatable bonds is 3. The molecule has 0 unspecified atom stereocenters. The van der Waals surface area contributed by atoms with Crippen LogP contribution in [0.15, 0.2) is 23.1 Å². The Balaban J connectivity index is 2.05. The SMILES string of the molecule is CC(C)(C)OC(=O)N1CCN(c2cccc(SO)c2C=O)CC1. The van der Waals surface area contributed by atoms with Crippen LogP contribution >= 0.6 is 12.0 Å². The van der Waals surface area contributed by atoms with E-state index in [1.807, 2.05) is 31.7 Å². The van der Waals surface area contributed by atoms with E-state index in [1.54, 1.807) is 17.0 Å². The molecule has 0 aromatic heterocycles. The van der Waals surface area contributed by atoms with Crippen molar-refractivity contribution in [2.75, 3.05) is 31.1 Å². The summed E-state index contributed by atoms with van der Waals surface area (Å²) < 4.78 is 14.6. The van der Waals surface area contributed by atoms with E-state index in [2.05, 4.69) is 0 Å². The average molecular weight is 338 g/mol. The van der Waals surface area contributed by atoms with Crippen LogP contribution in [0.5, 0.6) is 0 Å². The number of aldehydes is 1. The second-order valence-electron chi connectivity index (χ2n) is 6.35. The minimum Gasteiger partial charge on any atom is -0.444 e. The molecular weight excluding hydrogens is 316 g/mol. The summed E-state index contributed by atoms with van der Waals surface area (Å²) in [6.45, 7) is 7.81. The molecule has 1 aromatic carbocycles. The fraction of sp³-hybridized carbons (Fsp3) is 0.500. The number of benzene rings is 1. The number of ether oxygens (including phenoxy) is 1. The first-order valence-electron chi connectivity index (χ1n) is 7.48. The predicted molar refractivity (Wildman–Crippen MR) is 90.3 cm³/mol. The van der Waals surface area contributed by atoms with E-state index in [0.29, 0.717) is 48.7 Å². The van der Waals surface area contributed by atoms with Crippen LogP contribution in [0.3, 0.4) is 0 Å². The highest BCUT2D eigenvalue weighted by molar-refractivity contribution is 7.93. The van der Waals surface area contributed by atoms with E-state index in [9.17, 15) is 14.1 Å². The molecule has 126 valence electrons. The molecule has 0 radical (unpaired) electrons. The van der Waals surface area contributed by atoms with Gasteiger partial charge in [-0.3, -0.25) is 4.79 Å². The number of carbonyl (C=O) groups excluding carboxylic acids is 2. The molecule has 1 fully saturated rings. The van der Waals surface area contributed by atoms with Gasteiger partial charge >= 0.3 is 6.09 Å². The van der Waals surface area contributed by atoms with Crippen molar-refractivity contribution in [2.45, 2.75) is 31.3 Å². The maximum Gasteiger partial charge on any atom is 0.410 e. The highest BCUT2D eigenvalue weighted by Gasteiger charge is 2.27. The number of anilines is 1. The van der Waals surface area contributed by atoms with Crippen LogP contribution in [-0.4, -0.2) is 53.6 Å². The van der Waals surface area contributed by atoms with Crippen molar-refractivity contribution in [1.82, 2.24) is 4.90 Å². The van der Waals surface area contributed by atoms with Gasteiger partial charge in [0.15, 0.2) is 6.29 Å². The van der Waals surface area contributed by atoms with Gasteiger partial charge in [0.1, 0.15) is 5.60 Å². The monoisotopic (exact) mass is 338 g/mol. The smallest absolute Gasteiger partial charge is 0.410 e. The van der Waals surface area contributed by atoms with Crippen molar-refractivity contribution in [3.8, 4) is 0 Å². The Morgan fingerprint density at radius 2 is 1.91 bits per heavy atom. The van der Waals surface area contributed by atoms with Gasteiger partial charge in [-0.2, -0.15) is 0 Å². The topological polar surface area (TPSA) is 70.1 Å². The molecule has 6 nitrogen and oxygen atoms in total. The second-order valence-corrected chi connectivity index (χ2v) is 6.97. The molecule has 0 spiro atoms. The average Bonchev–Trinajstić information content (AvgIpc) is 2.52. The van der Waals surface area contributed by atoms with E-state index in [-0.39, 0.29) is 6.09 Å². The minimum absolute atomic E-state index is 0.313. The second kappa shape index (κ2) is 7.23. The van der Waals surface area contributed by atoms with Gasteiger partial charge in [-0.05, 0) is 32.9 Å². The summed E-state index contributed by atoms with van der Waals surface area (Å²) in [6, 6.07) is 5.36. The van der Waals surface area contributed by atoms with Gasteiger partial charge in [0.05, 0.1) is 5.56 Å². The quantitative estimate of drug-likeness (QED) is 0.674. The van der Waals surface area contributed by atoms with Gasteiger partial charge in [-0.25, -0.2) is 4.79 Å². The van der Waals surface area contributed by atoms with Crippen molar-refractivity contribution in [3.05, 3.63) is 23.8 Å². The Bertz CT molecular complexity index is 578. The summed E-state index contributed by atoms with van der Waals surface area (Å²) in [4.78, 5) is 27.7. The predicted octanol–water partition coefficient (Wildman–Crippen LogP) is 3.12. The lowest BCUT2D eigenvalue weighted by molar-refractivity contribution is 0.0240. The summed E-state index contributed by atoms with van der Waals surface area (Å²) in [7, 11) is 0. The Kier molecular flexibility index (Phi) is 5.54. The van der Waals surface area contributed by atoms with Gasteiger partial charge in [-0.15, -0.1) is 0 Å². The molecule has 1 aliphatic rings. The number of nitrogens with zero attached hydrogens (tertiary/aromatic N) is 2. The summed E-state index contributed by atoms with van der Waals surface area (Å²) in [6.07, 6.45) is 0.445. The first kappa shape index (κ1) is 17.6. The molecule has 1 amide bonds. The zero-order valence-electron chi connectivity index (χ0n) is 13.6. The van der Waals surface area contributed by atoms with Gasteiger partial charge in [0.2, 0.25) is 0 Å². The number of piperazine rings is 1. The molecule has 1 N–H and O–H groups in total. The van der Waals surface area contributed by atoms with Crippen LogP contribution in [0.25, 0.3) is 0 Å². The Morgan fingerprint density at radius 1 is 1.26 bits per heavy atom. The van der Waals surface area contributed by atoms with Crippen molar-refractivity contribution >= 4 is 30.1 Å². The lowest BCUT2D eigenvalue weighted by atomic mass is 10.1. The van der Waals surface area contributed by atoms with Crippen LogP contribution < -0.4 is 4.90 Å². The molecule has 0 saturated carbocycles. The molecular formula is C16H22N2O4S. The summed E-state index contributed by atoms with van der Waals surface area (Å²) in [5, 5.41) is 0. The Morgan fingerprint density at radius 3 is 2.43 bits per heavy atom. The molecule has 2 rings (SSSR count). The van der Waals surface area contributed by atoms with Crippen molar-refractivity contribution in [2.24, 2.45) is 0 Å². The van der Waals surface area contributed by atoms with Crippen LogP contribution in [-0.2, 0) is 4.74 Å². The summed E-state index contributed by atoms with van der Waals surface area (Å²) >= 11 is 0.568. The molecule has 7 heteroatoms. The Hall–Kier alpha value is -1.73. The molecule has 23 heavy (non-hydrogen) atoms. The zero-order valence-corrected chi connectivity index (χ0v) is 14.4. The maximum atomic E-state index is 12.1. The third kappa shape index (κ3) is 4.39. The number of carbonyl (C=O) groups is 2. The molecule has 1 saturated heterocycles. The standard InChI is InChI=1S/C16H22N2O4S/c1-16(2,3)22-15(20)18-9-7-17(8-10-18)13-5-4-6-14(23-21)12(13)11-19/h4-6,11,21H,7-10H2,1-3H3. The van der Waals surface area contributed by atoms with Crippen LogP contribution in [0.4, 0.5) is 10.5 Å². The molecule has 0 aliphatic carbocycles. The number of hydrogen-bond acceptors (Lipinski definition) is 6. The molecule has 1 aliphatic heterocycles. The first-order chi connectivity index (χ1) is 10.9. The summed E-state index contributed by atoms with van der Waals surface area (Å²) in [5.74, 6) is 0. The normalized spacial score (nSPS) is 15.5. The van der Waals surface area contributed by atoms with E-state index >= 15 is 0 Å². The van der Waals surface area contributed by atoms with Gasteiger partial charge < -0.3 is 19.1 Å². The third-order valence-corrected chi connectivity index (χ3v) is 4.08. The molecule has 0 atom stereocenters. The van der Waals surface area contributed by atoms with Crippen molar-refractivity contribution < 1.29 is 18.9 Å². The van der Waals surface area contributed by atoms with E-state index in [1.165, 1.54) is 0 Å². The maximum absolute atomic E-state index is 12.1. The van der Waals surface area contributed by atoms with Gasteiger partial charge in [-0.1, -0.05) is 6.07 Å². The van der Waals surface area contributed by atoms with E-state index in [4.69, 9.17) is 4.74 Å². The van der Waals surface area contributed by atoms with Crippen molar-refractivity contribution in [1.29, 1.82) is 0 Å². The van der Waals surface area contributed by atoms with E-state index in [0.717, 1.165) is 12.0 Å². The molecule has 0 bridgehead atoms. The fourth-order valence-corrected chi connectivity index (χ4v) is 2.85. The highest BCUT2D eigenvalue weighted by atomic mass is 32.2. The van der Waals surface area contributed by atoms with Gasteiger partial charge in [0, 0.05) is 48.8 Å². The lowest BCUT2D eigenvalue weighted by Gasteiger charge is -2.37. The largest absolute Gasteiger partial charge is 0.444 e.